The van der Waals surface area contributed by atoms with Gasteiger partial charge in [-0.3, -0.25) is 14.4 Å². The zero-order valence-corrected chi connectivity index (χ0v) is 32.4. The van der Waals surface area contributed by atoms with Gasteiger partial charge >= 0.3 is 23.9 Å². The summed E-state index contributed by atoms with van der Waals surface area (Å²) in [5.74, 6) is -0.546. The minimum Gasteiger partial charge on any atom is -0.463 e. The Hall–Kier alpha value is -2.16. The van der Waals surface area contributed by atoms with E-state index in [1.54, 1.807) is 0 Å². The van der Waals surface area contributed by atoms with Crippen LogP contribution in [0.5, 0.6) is 0 Å². The monoisotopic (exact) mass is 702 g/mol. The average molecular weight is 703 g/mol. The molecule has 4 atom stereocenters. The molecule has 4 unspecified atom stereocenters. The Balaban J connectivity index is 1.27. The SMILES string of the molecule is CC(C)(CCC(C)(C)C(=O)OC1(C)CCCCC1)CC(C)(CCCC(C)(C)C(=O)OC1CCOC1=O)C(=O)OC12CC3CC(CC(O)(C3)C1)C2. The van der Waals surface area contributed by atoms with Crippen LogP contribution in [0.4, 0.5) is 0 Å². The van der Waals surface area contributed by atoms with Gasteiger partial charge < -0.3 is 24.1 Å². The van der Waals surface area contributed by atoms with Crippen molar-refractivity contribution in [3.05, 3.63) is 0 Å². The lowest BCUT2D eigenvalue weighted by atomic mass is 9.52. The molecule has 50 heavy (non-hydrogen) atoms. The van der Waals surface area contributed by atoms with Gasteiger partial charge in [0.25, 0.3) is 0 Å². The van der Waals surface area contributed by atoms with Gasteiger partial charge in [-0.15, -0.1) is 0 Å². The Morgan fingerprint density at radius 2 is 1.42 bits per heavy atom. The fourth-order valence-corrected chi connectivity index (χ4v) is 10.4. The maximum Gasteiger partial charge on any atom is 0.347 e. The molecule has 284 valence electrons. The molecule has 0 radical (unpaired) electrons. The number of esters is 4. The molecular weight excluding hydrogens is 636 g/mol. The van der Waals surface area contributed by atoms with Crippen molar-refractivity contribution in [2.24, 2.45) is 33.5 Å². The number of carbonyl (C=O) groups excluding carboxylic acids is 4. The predicted octanol–water partition coefficient (Wildman–Crippen LogP) is 8.16. The van der Waals surface area contributed by atoms with Crippen LogP contribution in [0.2, 0.25) is 0 Å². The van der Waals surface area contributed by atoms with Crippen molar-refractivity contribution in [3.63, 3.8) is 0 Å². The molecule has 1 N–H and O–H groups in total. The number of carbonyl (C=O) groups is 4. The number of cyclic esters (lactones) is 1. The lowest BCUT2D eigenvalue weighted by Gasteiger charge is -2.59. The zero-order chi connectivity index (χ0) is 36.8. The standard InChI is InChI=1S/C41H66O9/c1-35(2,18-19-37(5,6)33(44)49-39(8)16-10-9-11-17-39)26-38(7,15-12-14-36(3,4)32(43)48-30-13-20-47-31(30)42)34(45)50-41-24-28-21-29(25-41)23-40(46,22-28)27-41/h28-30,46H,9-27H2,1-8H3. The van der Waals surface area contributed by atoms with Crippen LogP contribution in [0.15, 0.2) is 0 Å². The van der Waals surface area contributed by atoms with E-state index in [4.69, 9.17) is 18.9 Å². The molecule has 0 aromatic rings. The summed E-state index contributed by atoms with van der Waals surface area (Å²) in [4.78, 5) is 53.1. The van der Waals surface area contributed by atoms with E-state index >= 15 is 0 Å². The van der Waals surface area contributed by atoms with Crippen molar-refractivity contribution in [2.45, 2.75) is 194 Å². The maximum absolute atomic E-state index is 14.5. The second kappa shape index (κ2) is 14.0. The third-order valence-electron chi connectivity index (χ3n) is 13.1. The summed E-state index contributed by atoms with van der Waals surface area (Å²) < 4.78 is 23.3. The van der Waals surface area contributed by atoms with Crippen LogP contribution in [-0.2, 0) is 38.1 Å². The first kappa shape index (κ1) is 39.1. The summed E-state index contributed by atoms with van der Waals surface area (Å²) in [6, 6.07) is 0. The van der Waals surface area contributed by atoms with E-state index in [1.165, 1.54) is 6.42 Å². The van der Waals surface area contributed by atoms with E-state index in [9.17, 15) is 24.3 Å². The summed E-state index contributed by atoms with van der Waals surface area (Å²) in [7, 11) is 0. The maximum atomic E-state index is 14.5. The summed E-state index contributed by atoms with van der Waals surface area (Å²) in [6.07, 6.45) is 13.0. The van der Waals surface area contributed by atoms with Crippen LogP contribution in [0.25, 0.3) is 0 Å². The van der Waals surface area contributed by atoms with E-state index < -0.39 is 51.1 Å². The van der Waals surface area contributed by atoms with Gasteiger partial charge in [-0.05, 0) is 149 Å². The normalized spacial score (nSPS) is 31.9. The highest BCUT2D eigenvalue weighted by atomic mass is 16.6. The fraction of sp³-hybridized carbons (Fsp3) is 0.902. The number of aliphatic hydroxyl groups is 1. The predicted molar refractivity (Wildman–Crippen MR) is 189 cm³/mol. The number of hydrogen-bond acceptors (Lipinski definition) is 9. The van der Waals surface area contributed by atoms with Crippen molar-refractivity contribution in [1.29, 1.82) is 0 Å². The van der Waals surface area contributed by atoms with E-state index in [2.05, 4.69) is 20.8 Å². The minimum atomic E-state index is -0.857. The fourth-order valence-electron chi connectivity index (χ4n) is 10.4. The lowest BCUT2D eigenvalue weighted by Crippen LogP contribution is -2.61. The molecule has 5 aliphatic carbocycles. The number of hydrogen-bond donors (Lipinski definition) is 1. The molecule has 0 amide bonds. The quantitative estimate of drug-likeness (QED) is 0.133. The second-order valence-electron chi connectivity index (χ2n) is 20.0. The van der Waals surface area contributed by atoms with Gasteiger partial charge in [0.1, 0.15) is 11.2 Å². The first-order valence-corrected chi connectivity index (χ1v) is 19.6. The van der Waals surface area contributed by atoms with E-state index in [0.29, 0.717) is 56.8 Å². The molecule has 0 aromatic heterocycles. The Morgan fingerprint density at radius 3 is 2.00 bits per heavy atom. The molecule has 1 heterocycles. The molecule has 5 saturated carbocycles. The van der Waals surface area contributed by atoms with Crippen molar-refractivity contribution in [2.75, 3.05) is 6.61 Å². The van der Waals surface area contributed by atoms with Gasteiger partial charge in [-0.1, -0.05) is 26.7 Å². The molecule has 4 bridgehead atoms. The topological polar surface area (TPSA) is 125 Å². The van der Waals surface area contributed by atoms with Crippen molar-refractivity contribution >= 4 is 23.9 Å². The van der Waals surface area contributed by atoms with Crippen molar-refractivity contribution in [1.82, 2.24) is 0 Å². The molecule has 1 saturated heterocycles. The van der Waals surface area contributed by atoms with Crippen molar-refractivity contribution < 1.29 is 43.2 Å². The van der Waals surface area contributed by atoms with E-state index in [1.807, 2.05) is 34.6 Å². The van der Waals surface area contributed by atoms with Gasteiger partial charge in [0.05, 0.1) is 28.5 Å². The minimum absolute atomic E-state index is 0.153. The summed E-state index contributed by atoms with van der Waals surface area (Å²) >= 11 is 0. The molecule has 6 aliphatic rings. The highest BCUT2D eigenvalue weighted by Crippen LogP contribution is 2.59. The molecule has 6 fully saturated rings. The van der Waals surface area contributed by atoms with Crippen molar-refractivity contribution in [3.8, 4) is 0 Å². The lowest BCUT2D eigenvalue weighted by molar-refractivity contribution is -0.227. The molecular formula is C41H66O9. The first-order valence-electron chi connectivity index (χ1n) is 19.6. The Morgan fingerprint density at radius 1 is 0.800 bits per heavy atom. The highest BCUT2D eigenvalue weighted by Gasteiger charge is 2.60. The van der Waals surface area contributed by atoms with Crippen LogP contribution in [0.1, 0.15) is 171 Å². The zero-order valence-electron chi connectivity index (χ0n) is 32.4. The van der Waals surface area contributed by atoms with E-state index in [-0.39, 0.29) is 24.0 Å². The summed E-state index contributed by atoms with van der Waals surface area (Å²) in [5.41, 5.74) is -4.45. The highest BCUT2D eigenvalue weighted by molar-refractivity contribution is 5.83. The molecule has 9 nitrogen and oxygen atoms in total. The van der Waals surface area contributed by atoms with Gasteiger partial charge in [-0.2, -0.15) is 0 Å². The van der Waals surface area contributed by atoms with Crippen LogP contribution in [0.3, 0.4) is 0 Å². The number of ether oxygens (including phenoxy) is 4. The smallest absolute Gasteiger partial charge is 0.347 e. The third kappa shape index (κ3) is 9.06. The molecule has 0 spiro atoms. The van der Waals surface area contributed by atoms with Crippen LogP contribution in [0, 0.1) is 33.5 Å². The molecule has 9 heteroatoms. The van der Waals surface area contributed by atoms with E-state index in [0.717, 1.165) is 64.2 Å². The second-order valence-corrected chi connectivity index (χ2v) is 20.0. The Labute approximate surface area is 300 Å². The Kier molecular flexibility index (Phi) is 10.9. The average Bonchev–Trinajstić information content (AvgIpc) is 3.38. The first-order chi connectivity index (χ1) is 23.1. The van der Waals surface area contributed by atoms with Crippen LogP contribution < -0.4 is 0 Å². The van der Waals surface area contributed by atoms with Gasteiger partial charge in [0.15, 0.2) is 0 Å². The van der Waals surface area contributed by atoms with Crippen LogP contribution >= 0.6 is 0 Å². The van der Waals surface area contributed by atoms with Crippen LogP contribution in [-0.4, -0.2) is 58.5 Å². The third-order valence-corrected chi connectivity index (χ3v) is 13.1. The number of rotatable bonds is 15. The van der Waals surface area contributed by atoms with Gasteiger partial charge in [0, 0.05) is 12.8 Å². The summed E-state index contributed by atoms with van der Waals surface area (Å²) in [5, 5.41) is 11.4. The van der Waals surface area contributed by atoms with Gasteiger partial charge in [-0.25, -0.2) is 4.79 Å². The molecule has 1 aliphatic heterocycles. The molecule has 0 aromatic carbocycles. The Bertz CT molecular complexity index is 1280. The largest absolute Gasteiger partial charge is 0.463 e. The molecule has 6 rings (SSSR count). The van der Waals surface area contributed by atoms with Gasteiger partial charge in [0.2, 0.25) is 6.10 Å². The summed E-state index contributed by atoms with van der Waals surface area (Å²) in [6.45, 7) is 16.2.